The van der Waals surface area contributed by atoms with Crippen molar-refractivity contribution in [2.24, 2.45) is 0 Å². The Kier molecular flexibility index (Phi) is 6.73. The van der Waals surface area contributed by atoms with Crippen LogP contribution in [0, 0.1) is 6.92 Å². The van der Waals surface area contributed by atoms with Gasteiger partial charge in [0.2, 0.25) is 0 Å². The molecule has 0 bridgehead atoms. The van der Waals surface area contributed by atoms with Crippen molar-refractivity contribution in [3.8, 4) is 0 Å². The van der Waals surface area contributed by atoms with Gasteiger partial charge in [-0.3, -0.25) is 14.1 Å². The Morgan fingerprint density at radius 3 is 1.63 bits per heavy atom. The van der Waals surface area contributed by atoms with Crippen LogP contribution >= 0.6 is 0 Å². The van der Waals surface area contributed by atoms with Gasteiger partial charge in [0.15, 0.2) is 0 Å². The van der Waals surface area contributed by atoms with E-state index < -0.39 is 22.1 Å². The van der Waals surface area contributed by atoms with Crippen LogP contribution in [0.2, 0.25) is 0 Å². The van der Waals surface area contributed by atoms with Crippen LogP contribution in [-0.4, -0.2) is 35.1 Å². The van der Waals surface area contributed by atoms with E-state index in [1.165, 1.54) is 12.1 Å². The summed E-state index contributed by atoms with van der Waals surface area (Å²) >= 11 is 0. The molecule has 7 nitrogen and oxygen atoms in total. The third-order valence-electron chi connectivity index (χ3n) is 1.87. The SMILES string of the molecule is Cc1ccc(S(=O)(=O)O)cc1.O=C(O)CCC(=O)O. The standard InChI is InChI=1S/C7H8O3S.C4H6O4/c1-6-2-4-7(5-3-6)11(8,9)10;5-3(6)1-2-4(7)8/h2-5H,1H3,(H,8,9,10);1-2H2,(H,5,6)(H,7,8). The first kappa shape index (κ1) is 17.1. The Balaban J connectivity index is 0.000000362. The Morgan fingerprint density at radius 1 is 1.00 bits per heavy atom. The molecule has 1 rings (SSSR count). The second kappa shape index (κ2) is 7.49. The topological polar surface area (TPSA) is 129 Å². The Labute approximate surface area is 110 Å². The average molecular weight is 290 g/mol. The average Bonchev–Trinajstić information content (AvgIpc) is 2.26. The van der Waals surface area contributed by atoms with Crippen molar-refractivity contribution in [2.75, 3.05) is 0 Å². The summed E-state index contributed by atoms with van der Waals surface area (Å²) in [6.07, 6.45) is -0.593. The van der Waals surface area contributed by atoms with Gasteiger partial charge in [-0.05, 0) is 19.1 Å². The fraction of sp³-hybridized carbons (Fsp3) is 0.273. The van der Waals surface area contributed by atoms with Gasteiger partial charge in [0.05, 0.1) is 17.7 Å². The maximum absolute atomic E-state index is 10.5. The minimum absolute atomic E-state index is 0.0666. The molecule has 19 heavy (non-hydrogen) atoms. The summed E-state index contributed by atoms with van der Waals surface area (Å²) in [6.45, 7) is 1.84. The third-order valence-corrected chi connectivity index (χ3v) is 2.74. The van der Waals surface area contributed by atoms with Crippen molar-refractivity contribution < 1.29 is 32.8 Å². The maximum Gasteiger partial charge on any atom is 0.303 e. The van der Waals surface area contributed by atoms with E-state index in [1.54, 1.807) is 12.1 Å². The lowest BCUT2D eigenvalue weighted by molar-refractivity contribution is -0.143. The zero-order chi connectivity index (χ0) is 15.1. The van der Waals surface area contributed by atoms with Gasteiger partial charge in [-0.25, -0.2) is 0 Å². The summed E-state index contributed by atoms with van der Waals surface area (Å²) in [5.41, 5.74) is 0.956. The molecule has 0 saturated carbocycles. The van der Waals surface area contributed by atoms with Crippen molar-refractivity contribution in [2.45, 2.75) is 24.7 Å². The van der Waals surface area contributed by atoms with Crippen LogP contribution in [0.5, 0.6) is 0 Å². The molecule has 3 N–H and O–H groups in total. The van der Waals surface area contributed by atoms with E-state index >= 15 is 0 Å². The van der Waals surface area contributed by atoms with Gasteiger partial charge in [0, 0.05) is 0 Å². The van der Waals surface area contributed by atoms with Gasteiger partial charge in [0.25, 0.3) is 10.1 Å². The Hall–Kier alpha value is -1.93. The predicted molar refractivity (Wildman–Crippen MR) is 65.5 cm³/mol. The molecular weight excluding hydrogens is 276 g/mol. The maximum atomic E-state index is 10.5. The normalized spacial score (nSPS) is 10.2. The van der Waals surface area contributed by atoms with Crippen LogP contribution in [0.15, 0.2) is 29.2 Å². The van der Waals surface area contributed by atoms with Crippen LogP contribution in [0.4, 0.5) is 0 Å². The molecule has 0 unspecified atom stereocenters. The first-order valence-electron chi connectivity index (χ1n) is 5.10. The number of rotatable bonds is 4. The zero-order valence-corrected chi connectivity index (χ0v) is 10.9. The fourth-order valence-electron chi connectivity index (χ4n) is 0.924. The molecule has 0 atom stereocenters. The van der Waals surface area contributed by atoms with Crippen molar-refractivity contribution >= 4 is 22.1 Å². The highest BCUT2D eigenvalue weighted by molar-refractivity contribution is 7.85. The lowest BCUT2D eigenvalue weighted by Gasteiger charge is -1.95. The van der Waals surface area contributed by atoms with E-state index in [-0.39, 0.29) is 17.7 Å². The minimum atomic E-state index is -4.02. The molecule has 8 heteroatoms. The molecule has 0 aromatic heterocycles. The number of carbonyl (C=O) groups is 2. The second-order valence-electron chi connectivity index (χ2n) is 3.58. The molecule has 106 valence electrons. The number of aryl methyl sites for hydroxylation is 1. The Morgan fingerprint density at radius 2 is 1.37 bits per heavy atom. The molecule has 0 aliphatic heterocycles. The molecule has 0 radical (unpaired) electrons. The lowest BCUT2D eigenvalue weighted by Crippen LogP contribution is -2.00. The fourth-order valence-corrected chi connectivity index (χ4v) is 1.40. The van der Waals surface area contributed by atoms with Gasteiger partial charge >= 0.3 is 11.9 Å². The highest BCUT2D eigenvalue weighted by Gasteiger charge is 2.06. The molecule has 0 aliphatic rings. The van der Waals surface area contributed by atoms with E-state index in [0.29, 0.717) is 0 Å². The molecule has 1 aromatic rings. The van der Waals surface area contributed by atoms with E-state index in [4.69, 9.17) is 14.8 Å². The highest BCUT2D eigenvalue weighted by atomic mass is 32.2. The third kappa shape index (κ3) is 8.75. The first-order valence-corrected chi connectivity index (χ1v) is 6.54. The van der Waals surface area contributed by atoms with Crippen LogP contribution in [-0.2, 0) is 19.7 Å². The largest absolute Gasteiger partial charge is 0.481 e. The highest BCUT2D eigenvalue weighted by Crippen LogP contribution is 2.08. The zero-order valence-electron chi connectivity index (χ0n) is 10.1. The summed E-state index contributed by atoms with van der Waals surface area (Å²) in [5.74, 6) is -2.15. The van der Waals surface area contributed by atoms with Gasteiger partial charge in [-0.2, -0.15) is 8.42 Å². The number of carboxylic acid groups (broad SMARTS) is 2. The quantitative estimate of drug-likeness (QED) is 0.710. The van der Waals surface area contributed by atoms with Gasteiger partial charge in [-0.1, -0.05) is 17.7 Å². The predicted octanol–water partition coefficient (Wildman–Crippen LogP) is 1.18. The van der Waals surface area contributed by atoms with Crippen LogP contribution in [0.1, 0.15) is 18.4 Å². The molecule has 0 fully saturated rings. The van der Waals surface area contributed by atoms with Crippen molar-refractivity contribution in [3.63, 3.8) is 0 Å². The van der Waals surface area contributed by atoms with Gasteiger partial charge in [0.1, 0.15) is 0 Å². The van der Waals surface area contributed by atoms with Crippen LogP contribution < -0.4 is 0 Å². The molecule has 0 spiro atoms. The second-order valence-corrected chi connectivity index (χ2v) is 5.00. The molecule has 0 aliphatic carbocycles. The monoisotopic (exact) mass is 290 g/mol. The first-order chi connectivity index (χ1) is 8.62. The van der Waals surface area contributed by atoms with Crippen LogP contribution in [0.3, 0.4) is 0 Å². The van der Waals surface area contributed by atoms with Crippen molar-refractivity contribution in [1.29, 1.82) is 0 Å². The minimum Gasteiger partial charge on any atom is -0.481 e. The van der Waals surface area contributed by atoms with Gasteiger partial charge in [-0.15, -0.1) is 0 Å². The summed E-state index contributed by atoms with van der Waals surface area (Å²) < 4.78 is 29.6. The van der Waals surface area contributed by atoms with E-state index in [2.05, 4.69) is 0 Å². The van der Waals surface area contributed by atoms with E-state index in [9.17, 15) is 18.0 Å². The Bertz CT molecular complexity index is 517. The number of hydrogen-bond acceptors (Lipinski definition) is 4. The number of aliphatic carboxylic acids is 2. The van der Waals surface area contributed by atoms with Gasteiger partial charge < -0.3 is 10.2 Å². The summed E-state index contributed by atoms with van der Waals surface area (Å²) in [7, 11) is -4.02. The summed E-state index contributed by atoms with van der Waals surface area (Å²) in [6, 6.07) is 5.99. The molecule has 1 aromatic carbocycles. The summed E-state index contributed by atoms with van der Waals surface area (Å²) in [4.78, 5) is 19.2. The molecule has 0 amide bonds. The molecule has 0 saturated heterocycles. The smallest absolute Gasteiger partial charge is 0.303 e. The van der Waals surface area contributed by atoms with Crippen molar-refractivity contribution in [1.82, 2.24) is 0 Å². The molecular formula is C11H14O7S. The summed E-state index contributed by atoms with van der Waals surface area (Å²) in [5, 5.41) is 15.8. The molecule has 0 heterocycles. The number of benzene rings is 1. The van der Waals surface area contributed by atoms with E-state index in [0.717, 1.165) is 5.56 Å². The number of hydrogen-bond donors (Lipinski definition) is 3. The van der Waals surface area contributed by atoms with Crippen LogP contribution in [0.25, 0.3) is 0 Å². The van der Waals surface area contributed by atoms with E-state index in [1.807, 2.05) is 6.92 Å². The number of carboxylic acids is 2. The van der Waals surface area contributed by atoms with Crippen molar-refractivity contribution in [3.05, 3.63) is 29.8 Å². The lowest BCUT2D eigenvalue weighted by atomic mass is 10.2.